The minimum atomic E-state index is -3.30. The molecular formula is C28H27N3O4S. The summed E-state index contributed by atoms with van der Waals surface area (Å²) in [7, 11) is -1.64. The molecule has 0 saturated carbocycles. The number of hydrogen-bond donors (Lipinski definition) is 0. The maximum atomic E-state index is 11.6. The minimum Gasteiger partial charge on any atom is -0.497 e. The molecule has 0 aliphatic carbocycles. The van der Waals surface area contributed by atoms with Crippen LogP contribution in [0.25, 0.3) is 22.4 Å². The maximum Gasteiger partial charge on any atom is 0.192 e. The normalized spacial score (nSPS) is 14.3. The number of ether oxygens (including phenoxy) is 2. The van der Waals surface area contributed by atoms with E-state index in [9.17, 15) is 8.42 Å². The summed E-state index contributed by atoms with van der Waals surface area (Å²) < 4.78 is 34.5. The summed E-state index contributed by atoms with van der Waals surface area (Å²) in [5.41, 5.74) is 4.99. The van der Waals surface area contributed by atoms with Crippen LogP contribution in [0.4, 0.5) is 0 Å². The van der Waals surface area contributed by atoms with Crippen LogP contribution < -0.4 is 9.47 Å². The number of pyridine rings is 2. The number of aromatic nitrogens is 2. The lowest BCUT2D eigenvalue weighted by Gasteiger charge is -2.39. The molecule has 0 atom stereocenters. The average Bonchev–Trinajstić information content (AvgIpc) is 2.88. The van der Waals surface area contributed by atoms with Gasteiger partial charge in [0.25, 0.3) is 0 Å². The summed E-state index contributed by atoms with van der Waals surface area (Å²) in [6.45, 7) is 2.56. The van der Waals surface area contributed by atoms with Crippen LogP contribution in [0, 0.1) is 0 Å². The van der Waals surface area contributed by atoms with Gasteiger partial charge < -0.3 is 9.47 Å². The molecule has 3 heterocycles. The third-order valence-corrected chi connectivity index (χ3v) is 7.15. The second-order valence-corrected chi connectivity index (χ2v) is 10.9. The second kappa shape index (κ2) is 10.1. The van der Waals surface area contributed by atoms with Gasteiger partial charge in [0.1, 0.15) is 17.6 Å². The van der Waals surface area contributed by atoms with E-state index in [-0.39, 0.29) is 11.1 Å². The zero-order valence-corrected chi connectivity index (χ0v) is 21.0. The molecule has 1 fully saturated rings. The van der Waals surface area contributed by atoms with Crippen molar-refractivity contribution < 1.29 is 17.9 Å². The van der Waals surface area contributed by atoms with Crippen LogP contribution in [0.2, 0.25) is 0 Å². The Bertz CT molecular complexity index is 1410. The molecule has 184 valence electrons. The first-order valence-corrected chi connectivity index (χ1v) is 13.5. The molecule has 36 heavy (non-hydrogen) atoms. The van der Waals surface area contributed by atoms with Gasteiger partial charge in [0, 0.05) is 49.4 Å². The summed E-state index contributed by atoms with van der Waals surface area (Å²) in [5.74, 6) is 1.65. The molecule has 1 aliphatic heterocycles. The van der Waals surface area contributed by atoms with Crippen LogP contribution in [-0.2, 0) is 16.4 Å². The van der Waals surface area contributed by atoms with E-state index < -0.39 is 9.84 Å². The lowest BCUT2D eigenvalue weighted by Crippen LogP contribution is -2.53. The fraction of sp³-hybridized carbons (Fsp3) is 0.214. The van der Waals surface area contributed by atoms with E-state index in [1.807, 2.05) is 54.7 Å². The van der Waals surface area contributed by atoms with Crippen LogP contribution >= 0.6 is 0 Å². The van der Waals surface area contributed by atoms with Gasteiger partial charge in [-0.25, -0.2) is 13.4 Å². The molecule has 0 N–H and O–H groups in total. The Morgan fingerprint density at radius 1 is 0.806 bits per heavy atom. The fourth-order valence-corrected chi connectivity index (χ4v) is 4.68. The molecule has 5 rings (SSSR count). The molecule has 0 amide bonds. The number of hydrogen-bond acceptors (Lipinski definition) is 7. The van der Waals surface area contributed by atoms with Gasteiger partial charge in [0.05, 0.1) is 12.8 Å². The Morgan fingerprint density at radius 2 is 1.47 bits per heavy atom. The summed E-state index contributed by atoms with van der Waals surface area (Å²) in [5, 5.41) is 0.0738. The van der Waals surface area contributed by atoms with Gasteiger partial charge in [0.15, 0.2) is 14.9 Å². The van der Waals surface area contributed by atoms with E-state index >= 15 is 0 Å². The van der Waals surface area contributed by atoms with Gasteiger partial charge in [-0.3, -0.25) is 9.88 Å². The van der Waals surface area contributed by atoms with Gasteiger partial charge in [-0.15, -0.1) is 0 Å². The Labute approximate surface area is 211 Å². The van der Waals surface area contributed by atoms with Gasteiger partial charge in [-0.1, -0.05) is 18.2 Å². The SMILES string of the molecule is COc1ccc(-c2ccc(CN3CC(Oc4ccc(-c5ccc(S(C)(=O)=O)nc5)cc4)C3)cn2)cc1. The number of rotatable bonds is 8. The van der Waals surface area contributed by atoms with E-state index in [0.717, 1.165) is 59.8 Å². The van der Waals surface area contributed by atoms with Crippen molar-refractivity contribution in [1.29, 1.82) is 0 Å². The number of likely N-dealkylation sites (tertiary alicyclic amines) is 1. The Kier molecular flexibility index (Phi) is 6.71. The first kappa shape index (κ1) is 24.0. The van der Waals surface area contributed by atoms with Crippen molar-refractivity contribution >= 4 is 9.84 Å². The fourth-order valence-electron chi connectivity index (χ4n) is 4.12. The van der Waals surface area contributed by atoms with E-state index in [4.69, 9.17) is 9.47 Å². The van der Waals surface area contributed by atoms with Crippen molar-refractivity contribution in [1.82, 2.24) is 14.9 Å². The number of benzene rings is 2. The molecule has 0 bridgehead atoms. The minimum absolute atomic E-state index is 0.0738. The summed E-state index contributed by atoms with van der Waals surface area (Å²) in [4.78, 5) is 11.0. The van der Waals surface area contributed by atoms with Crippen LogP contribution in [0.5, 0.6) is 11.5 Å². The van der Waals surface area contributed by atoms with Crippen LogP contribution in [0.3, 0.4) is 0 Å². The molecule has 4 aromatic rings. The molecule has 7 nitrogen and oxygen atoms in total. The average molecular weight is 502 g/mol. The van der Waals surface area contributed by atoms with E-state index in [0.29, 0.717) is 0 Å². The van der Waals surface area contributed by atoms with Crippen molar-refractivity contribution in [2.45, 2.75) is 17.7 Å². The maximum absolute atomic E-state index is 11.6. The van der Waals surface area contributed by atoms with Crippen molar-refractivity contribution in [2.75, 3.05) is 26.5 Å². The zero-order chi connectivity index (χ0) is 25.1. The lowest BCUT2D eigenvalue weighted by atomic mass is 10.1. The molecule has 1 saturated heterocycles. The van der Waals surface area contributed by atoms with E-state index in [2.05, 4.69) is 27.0 Å². The third-order valence-electron chi connectivity index (χ3n) is 6.15. The van der Waals surface area contributed by atoms with Gasteiger partial charge in [0.2, 0.25) is 0 Å². The van der Waals surface area contributed by atoms with Crippen molar-refractivity contribution in [3.63, 3.8) is 0 Å². The summed E-state index contributed by atoms with van der Waals surface area (Å²) >= 11 is 0. The van der Waals surface area contributed by atoms with Crippen molar-refractivity contribution in [3.05, 3.63) is 90.8 Å². The second-order valence-electron chi connectivity index (χ2n) is 8.90. The number of nitrogens with zero attached hydrogens (tertiary/aromatic N) is 3. The smallest absolute Gasteiger partial charge is 0.192 e. The van der Waals surface area contributed by atoms with Gasteiger partial charge >= 0.3 is 0 Å². The largest absolute Gasteiger partial charge is 0.497 e. The van der Waals surface area contributed by atoms with E-state index in [1.165, 1.54) is 11.6 Å². The van der Waals surface area contributed by atoms with Crippen LogP contribution in [0.15, 0.2) is 90.2 Å². The number of sulfone groups is 1. The van der Waals surface area contributed by atoms with E-state index in [1.54, 1.807) is 19.4 Å². The number of methoxy groups -OCH3 is 1. The third kappa shape index (κ3) is 5.56. The Morgan fingerprint density at radius 3 is 2.06 bits per heavy atom. The highest BCUT2D eigenvalue weighted by atomic mass is 32.2. The molecule has 0 radical (unpaired) electrons. The Hall–Kier alpha value is -3.75. The lowest BCUT2D eigenvalue weighted by molar-refractivity contribution is 0.0145. The van der Waals surface area contributed by atoms with Crippen molar-refractivity contribution in [3.8, 4) is 33.9 Å². The molecule has 1 aliphatic rings. The molecule has 0 unspecified atom stereocenters. The van der Waals surface area contributed by atoms with Gasteiger partial charge in [-0.2, -0.15) is 0 Å². The van der Waals surface area contributed by atoms with Crippen LogP contribution in [-0.4, -0.2) is 55.8 Å². The first-order valence-electron chi connectivity index (χ1n) is 11.6. The zero-order valence-electron chi connectivity index (χ0n) is 20.2. The summed E-state index contributed by atoms with van der Waals surface area (Å²) in [6.07, 6.45) is 4.82. The first-order chi connectivity index (χ1) is 17.4. The highest BCUT2D eigenvalue weighted by molar-refractivity contribution is 7.90. The monoisotopic (exact) mass is 501 g/mol. The van der Waals surface area contributed by atoms with Crippen LogP contribution in [0.1, 0.15) is 5.56 Å². The quantitative estimate of drug-likeness (QED) is 0.352. The highest BCUT2D eigenvalue weighted by Gasteiger charge is 2.28. The van der Waals surface area contributed by atoms with Gasteiger partial charge in [-0.05, 0) is 65.7 Å². The predicted octanol–water partition coefficient (Wildman–Crippen LogP) is 4.49. The predicted molar refractivity (Wildman–Crippen MR) is 139 cm³/mol. The topological polar surface area (TPSA) is 81.6 Å². The molecular weight excluding hydrogens is 474 g/mol. The van der Waals surface area contributed by atoms with Crippen molar-refractivity contribution in [2.24, 2.45) is 0 Å². The molecule has 2 aromatic heterocycles. The molecule has 0 spiro atoms. The highest BCUT2D eigenvalue weighted by Crippen LogP contribution is 2.26. The molecule has 8 heteroatoms. The molecule has 2 aromatic carbocycles. The Balaban J connectivity index is 1.11. The standard InChI is InChI=1S/C28H27N3O4S/c1-34-24-9-6-22(7-10-24)27-13-3-20(15-29-27)17-31-18-26(19-31)35-25-11-4-21(5-12-25)23-8-14-28(30-16-23)36(2,32)33/h3-16,26H,17-19H2,1-2H3. The summed E-state index contributed by atoms with van der Waals surface area (Å²) in [6, 6.07) is 23.1.